The minimum atomic E-state index is -1.22. The summed E-state index contributed by atoms with van der Waals surface area (Å²) in [4.78, 5) is 53.0. The van der Waals surface area contributed by atoms with Crippen molar-refractivity contribution in [1.82, 2.24) is 4.98 Å². The van der Waals surface area contributed by atoms with Crippen LogP contribution in [0.5, 0.6) is 5.75 Å². The molecule has 3 aromatic rings. The molecule has 1 aliphatic carbocycles. The van der Waals surface area contributed by atoms with E-state index in [1.165, 1.54) is 27.9 Å². The average Bonchev–Trinajstić information content (AvgIpc) is 3.32. The Morgan fingerprint density at radius 2 is 1.58 bits per heavy atom. The van der Waals surface area contributed by atoms with Gasteiger partial charge in [0.05, 0.1) is 5.56 Å². The van der Waals surface area contributed by atoms with Crippen molar-refractivity contribution in [1.29, 1.82) is 0 Å². The molecule has 12 heteroatoms. The number of fused-ring (bicyclic) bond motifs is 4. The first-order valence-electron chi connectivity index (χ1n) is 13.7. The molecule has 1 saturated heterocycles. The van der Waals surface area contributed by atoms with Gasteiger partial charge in [0, 0.05) is 59.9 Å². The predicted molar refractivity (Wildman–Crippen MR) is 156 cm³/mol. The van der Waals surface area contributed by atoms with Crippen LogP contribution in [0.1, 0.15) is 61.8 Å². The van der Waals surface area contributed by atoms with Crippen molar-refractivity contribution in [2.45, 2.75) is 70.7 Å². The number of carbonyl (C=O) groups excluding carboxylic acids is 4. The summed E-state index contributed by atoms with van der Waals surface area (Å²) in [6.07, 6.45) is -5.73. The van der Waals surface area contributed by atoms with Gasteiger partial charge >= 0.3 is 17.9 Å². The maximum atomic E-state index is 13.7. The largest absolute Gasteiger partial charge is 0.491 e. The summed E-state index contributed by atoms with van der Waals surface area (Å²) in [6.45, 7) is 7.50. The van der Waals surface area contributed by atoms with E-state index in [4.69, 9.17) is 28.4 Å². The second-order valence-electron chi connectivity index (χ2n) is 11.0. The number of nitrogens with one attached hydrogen (secondary N) is 1. The van der Waals surface area contributed by atoms with Crippen molar-refractivity contribution < 1.29 is 47.6 Å². The predicted octanol–water partition coefficient (Wildman–Crippen LogP) is 4.35. The average molecular weight is 658 g/mol. The minimum absolute atomic E-state index is 0.0846. The summed E-state index contributed by atoms with van der Waals surface area (Å²) in [5.41, 5.74) is 3.10. The van der Waals surface area contributed by atoms with Crippen LogP contribution in [0.15, 0.2) is 40.9 Å². The summed E-state index contributed by atoms with van der Waals surface area (Å²) in [5.74, 6) is -1.66. The van der Waals surface area contributed by atoms with Gasteiger partial charge in [-0.05, 0) is 35.9 Å². The van der Waals surface area contributed by atoms with Crippen molar-refractivity contribution in [2.24, 2.45) is 0 Å². The van der Waals surface area contributed by atoms with Crippen LogP contribution in [0.4, 0.5) is 0 Å². The molecule has 0 saturated carbocycles. The molecule has 0 radical (unpaired) electrons. The van der Waals surface area contributed by atoms with Crippen LogP contribution < -0.4 is 4.74 Å². The molecule has 1 aromatic heterocycles. The SMILES string of the molecule is CO[C@H]1O[C@H](COc2ccc3c(c2)C(C)(C)c2[nH]c4cc(Br)ccc4c2C3=O)[C@@H](OC(C)=O)[C@H](OC(C)=O)[C@H]1OC(C)=O. The van der Waals surface area contributed by atoms with Crippen molar-refractivity contribution in [2.75, 3.05) is 13.7 Å². The zero-order valence-corrected chi connectivity index (χ0v) is 26.1. The van der Waals surface area contributed by atoms with Crippen LogP contribution in [0.3, 0.4) is 0 Å². The molecule has 11 nitrogen and oxygen atoms in total. The lowest BCUT2D eigenvalue weighted by molar-refractivity contribution is -0.301. The number of hydrogen-bond donors (Lipinski definition) is 1. The Balaban J connectivity index is 1.45. The smallest absolute Gasteiger partial charge is 0.303 e. The number of ether oxygens (including phenoxy) is 6. The van der Waals surface area contributed by atoms with E-state index in [2.05, 4.69) is 20.9 Å². The van der Waals surface area contributed by atoms with Crippen LogP contribution in [0, 0.1) is 0 Å². The van der Waals surface area contributed by atoms with E-state index in [1.54, 1.807) is 18.2 Å². The highest BCUT2D eigenvalue weighted by molar-refractivity contribution is 9.10. The topological polar surface area (TPSA) is 139 Å². The molecule has 1 aliphatic heterocycles. The second-order valence-corrected chi connectivity index (χ2v) is 12.0. The first kappa shape index (κ1) is 30.7. The number of rotatable bonds is 7. The molecule has 2 aromatic carbocycles. The van der Waals surface area contributed by atoms with Crippen LogP contribution in [-0.2, 0) is 43.5 Å². The quantitative estimate of drug-likeness (QED) is 0.288. The number of aromatic amines is 1. The lowest BCUT2D eigenvalue weighted by Crippen LogP contribution is -2.62. The molecular formula is C31H32BrNO10. The Bertz CT molecular complexity index is 1610. The number of hydrogen-bond acceptors (Lipinski definition) is 10. The lowest BCUT2D eigenvalue weighted by Gasteiger charge is -2.43. The van der Waals surface area contributed by atoms with Crippen LogP contribution in [0.2, 0.25) is 0 Å². The number of methoxy groups -OCH3 is 1. The molecule has 0 amide bonds. The fourth-order valence-corrected chi connectivity index (χ4v) is 6.19. The van der Waals surface area contributed by atoms with E-state index < -0.39 is 54.0 Å². The highest BCUT2D eigenvalue weighted by atomic mass is 79.9. The fraction of sp³-hybridized carbons (Fsp3) is 0.419. The number of benzene rings is 2. The highest BCUT2D eigenvalue weighted by Gasteiger charge is 2.52. The Hall–Kier alpha value is -3.74. The summed E-state index contributed by atoms with van der Waals surface area (Å²) in [5, 5.41) is 0.857. The van der Waals surface area contributed by atoms with Gasteiger partial charge in [0.15, 0.2) is 30.4 Å². The Kier molecular flexibility index (Phi) is 8.39. The van der Waals surface area contributed by atoms with E-state index >= 15 is 0 Å². The van der Waals surface area contributed by atoms with E-state index in [0.717, 1.165) is 26.6 Å². The molecule has 0 spiro atoms. The highest BCUT2D eigenvalue weighted by Crippen LogP contribution is 2.45. The molecule has 0 unspecified atom stereocenters. The lowest BCUT2D eigenvalue weighted by atomic mass is 9.71. The Morgan fingerprint density at radius 3 is 2.23 bits per heavy atom. The van der Waals surface area contributed by atoms with E-state index in [1.807, 2.05) is 32.0 Å². The minimum Gasteiger partial charge on any atom is -0.491 e. The van der Waals surface area contributed by atoms with Crippen LogP contribution in [0.25, 0.3) is 10.9 Å². The van der Waals surface area contributed by atoms with E-state index in [-0.39, 0.29) is 12.4 Å². The van der Waals surface area contributed by atoms with E-state index in [9.17, 15) is 19.2 Å². The van der Waals surface area contributed by atoms with Gasteiger partial charge in [0.25, 0.3) is 0 Å². The summed E-state index contributed by atoms with van der Waals surface area (Å²) >= 11 is 3.50. The zero-order valence-electron chi connectivity index (χ0n) is 24.5. The number of carbonyl (C=O) groups is 4. The Labute approximate surface area is 256 Å². The monoisotopic (exact) mass is 657 g/mol. The fourth-order valence-electron chi connectivity index (χ4n) is 5.83. The number of ketones is 1. The maximum Gasteiger partial charge on any atom is 0.303 e. The van der Waals surface area contributed by atoms with Crippen molar-refractivity contribution in [3.05, 3.63) is 63.3 Å². The molecule has 1 fully saturated rings. The van der Waals surface area contributed by atoms with Gasteiger partial charge in [-0.15, -0.1) is 0 Å². The number of halogens is 1. The summed E-state index contributed by atoms with van der Waals surface area (Å²) in [7, 11) is 1.34. The number of aromatic nitrogens is 1. The first-order valence-corrected chi connectivity index (χ1v) is 14.4. The second kappa shape index (κ2) is 11.7. The maximum absolute atomic E-state index is 13.7. The molecule has 2 aliphatic rings. The first-order chi connectivity index (χ1) is 20.3. The molecule has 5 rings (SSSR count). The van der Waals surface area contributed by atoms with Gasteiger partial charge in [-0.25, -0.2) is 0 Å². The van der Waals surface area contributed by atoms with Crippen LogP contribution >= 0.6 is 15.9 Å². The molecule has 43 heavy (non-hydrogen) atoms. The van der Waals surface area contributed by atoms with Gasteiger partial charge in [0.2, 0.25) is 0 Å². The van der Waals surface area contributed by atoms with Crippen molar-refractivity contribution in [3.8, 4) is 5.75 Å². The third-order valence-corrected chi connectivity index (χ3v) is 8.16. The van der Waals surface area contributed by atoms with Crippen LogP contribution in [-0.4, -0.2) is 73.1 Å². The third kappa shape index (κ3) is 5.78. The normalized spacial score (nSPS) is 24.1. The molecule has 0 bridgehead atoms. The summed E-state index contributed by atoms with van der Waals surface area (Å²) < 4.78 is 34.7. The number of esters is 3. The van der Waals surface area contributed by atoms with E-state index in [0.29, 0.717) is 16.9 Å². The zero-order chi connectivity index (χ0) is 31.2. The molecule has 2 heterocycles. The molecule has 1 N–H and O–H groups in total. The Morgan fingerprint density at radius 1 is 0.930 bits per heavy atom. The molecule has 5 atom stereocenters. The van der Waals surface area contributed by atoms with Gasteiger partial charge < -0.3 is 33.4 Å². The van der Waals surface area contributed by atoms with Gasteiger partial charge in [-0.2, -0.15) is 0 Å². The number of H-pyrrole nitrogens is 1. The standard InChI is InChI=1S/C31H32BrNO10/c1-14(34)40-26-23(43-30(38-6)28(42-16(3)36)27(26)41-15(2)35)13-39-18-8-10-19-21(12-18)31(4,5)29-24(25(19)37)20-9-7-17(32)11-22(20)33-29/h7-12,23,26-28,30,33H,13H2,1-6H3/t23-,26-,27+,28-,30+/m1/s1. The van der Waals surface area contributed by atoms with Gasteiger partial charge in [-0.3, -0.25) is 19.2 Å². The van der Waals surface area contributed by atoms with Crippen molar-refractivity contribution in [3.63, 3.8) is 0 Å². The summed E-state index contributed by atoms with van der Waals surface area (Å²) in [6, 6.07) is 11.0. The van der Waals surface area contributed by atoms with Gasteiger partial charge in [-0.1, -0.05) is 35.8 Å². The molecule has 228 valence electrons. The third-order valence-electron chi connectivity index (χ3n) is 7.67. The van der Waals surface area contributed by atoms with Crippen molar-refractivity contribution >= 4 is 50.5 Å². The van der Waals surface area contributed by atoms with Gasteiger partial charge in [0.1, 0.15) is 18.5 Å². The molecular weight excluding hydrogens is 626 g/mol.